The van der Waals surface area contributed by atoms with E-state index in [0.717, 1.165) is 19.2 Å². The van der Waals surface area contributed by atoms with Gasteiger partial charge in [-0.1, -0.05) is 6.07 Å². The zero-order valence-corrected chi connectivity index (χ0v) is 16.4. The largest absolute Gasteiger partial charge is 0.542 e. The Morgan fingerprint density at radius 3 is 2.27 bits per heavy atom. The van der Waals surface area contributed by atoms with E-state index >= 15 is 0 Å². The number of aromatic carboxylic acids is 1. The highest BCUT2D eigenvalue weighted by Gasteiger charge is 2.28. The summed E-state index contributed by atoms with van der Waals surface area (Å²) in [5.74, 6) is -5.02. The first kappa shape index (κ1) is 25.6. The molecule has 0 amide bonds. The molecule has 1 aromatic rings. The van der Waals surface area contributed by atoms with Crippen molar-refractivity contribution in [3.63, 3.8) is 0 Å². The van der Waals surface area contributed by atoms with Crippen LogP contribution in [0.3, 0.4) is 0 Å². The fraction of sp³-hybridized carbons (Fsp3) is 0.500. The first-order chi connectivity index (χ1) is 13.8. The number of aromatic hydroxyl groups is 1. The van der Waals surface area contributed by atoms with Crippen LogP contribution in [0.25, 0.3) is 0 Å². The Morgan fingerprint density at radius 2 is 1.80 bits per heavy atom. The Morgan fingerprint density at radius 1 is 1.23 bits per heavy atom. The maximum atomic E-state index is 12.0. The summed E-state index contributed by atoms with van der Waals surface area (Å²) in [5.41, 5.74) is 0.0775. The number of hydrogen-bond donors (Lipinski definition) is 4. The number of quaternary nitrogens is 1. The number of aliphatic carboxylic acids is 1. The maximum absolute atomic E-state index is 12.0. The average molecular weight is 458 g/mol. The standard InChI is InChI=1S/C14H20N2O6S.C2HF3O2/c17-13-9-11(1-2-12(13)14(18)19)10-23(20,21)15-3-4-16-5-7-22-8-6-16;3-2(4,5)1(6)7/h1-2,9,15,17H,3-8,10H2,(H,18,19);(H,6,7). The zero-order chi connectivity index (χ0) is 22.9. The lowest BCUT2D eigenvalue weighted by atomic mass is 10.1. The summed E-state index contributed by atoms with van der Waals surface area (Å²) >= 11 is 0. The molecule has 0 unspecified atom stereocenters. The lowest BCUT2D eigenvalue weighted by molar-refractivity contribution is -0.906. The summed E-state index contributed by atoms with van der Waals surface area (Å²) < 4.78 is 63.4. The van der Waals surface area contributed by atoms with Crippen LogP contribution in [0.1, 0.15) is 15.9 Å². The molecule has 0 atom stereocenters. The van der Waals surface area contributed by atoms with Gasteiger partial charge in [0.05, 0.1) is 32.1 Å². The predicted molar refractivity (Wildman–Crippen MR) is 93.1 cm³/mol. The number of carboxylic acids is 2. The number of carboxylic acid groups (broad SMARTS) is 2. The first-order valence-corrected chi connectivity index (χ1v) is 10.2. The number of nitrogens with one attached hydrogen (secondary N) is 2. The molecule has 0 bridgehead atoms. The topological polar surface area (TPSA) is 158 Å². The van der Waals surface area contributed by atoms with Crippen LogP contribution in [0.4, 0.5) is 13.2 Å². The second-order valence-corrected chi connectivity index (χ2v) is 8.01. The maximum Gasteiger partial charge on any atom is 0.430 e. The Hall–Kier alpha value is -2.42. The Kier molecular flexibility index (Phi) is 9.48. The fourth-order valence-electron chi connectivity index (χ4n) is 2.41. The van der Waals surface area contributed by atoms with E-state index in [1.165, 1.54) is 17.0 Å². The van der Waals surface area contributed by atoms with Gasteiger partial charge in [0, 0.05) is 0 Å². The van der Waals surface area contributed by atoms with E-state index in [2.05, 4.69) is 4.72 Å². The van der Waals surface area contributed by atoms with Gasteiger partial charge in [-0.2, -0.15) is 13.2 Å². The minimum absolute atomic E-state index is 0.255. The van der Waals surface area contributed by atoms with Crippen LogP contribution in [-0.2, 0) is 25.3 Å². The molecule has 0 radical (unpaired) electrons. The normalized spacial score (nSPS) is 15.2. The number of carbonyl (C=O) groups is 2. The SMILES string of the molecule is O=C(O)c1ccc(CS(=O)(=O)NCC[NH+]2CCOCC2)cc1O.O=C([O-])C(F)(F)F. The van der Waals surface area contributed by atoms with Gasteiger partial charge in [0.15, 0.2) is 0 Å². The van der Waals surface area contributed by atoms with Crippen LogP contribution in [0.2, 0.25) is 0 Å². The summed E-state index contributed by atoms with van der Waals surface area (Å²) in [6.07, 6.45) is -5.19. The molecule has 1 aliphatic heterocycles. The second kappa shape index (κ2) is 11.1. The molecule has 2 rings (SSSR count). The van der Waals surface area contributed by atoms with Crippen molar-refractivity contribution in [1.29, 1.82) is 0 Å². The first-order valence-electron chi connectivity index (χ1n) is 8.54. The van der Waals surface area contributed by atoms with Gasteiger partial charge >= 0.3 is 12.1 Å². The van der Waals surface area contributed by atoms with Gasteiger partial charge in [-0.25, -0.2) is 17.9 Å². The Balaban J connectivity index is 0.000000553. The summed E-state index contributed by atoms with van der Waals surface area (Å²) in [6, 6.07) is 3.74. The van der Waals surface area contributed by atoms with E-state index in [1.807, 2.05) is 0 Å². The van der Waals surface area contributed by atoms with Crippen molar-refractivity contribution in [3.8, 4) is 5.75 Å². The van der Waals surface area contributed by atoms with Crippen LogP contribution >= 0.6 is 0 Å². The van der Waals surface area contributed by atoms with Gasteiger partial charge in [-0.05, 0) is 17.7 Å². The minimum atomic E-state index is -5.19. The molecule has 4 N–H and O–H groups in total. The van der Waals surface area contributed by atoms with Crippen molar-refractivity contribution in [2.45, 2.75) is 11.9 Å². The van der Waals surface area contributed by atoms with E-state index in [1.54, 1.807) is 0 Å². The van der Waals surface area contributed by atoms with Crippen molar-refractivity contribution in [3.05, 3.63) is 29.3 Å². The molecule has 170 valence electrons. The molecule has 30 heavy (non-hydrogen) atoms. The third kappa shape index (κ3) is 9.39. The smallest absolute Gasteiger partial charge is 0.430 e. The highest BCUT2D eigenvalue weighted by atomic mass is 32.2. The van der Waals surface area contributed by atoms with Crippen molar-refractivity contribution >= 4 is 22.0 Å². The summed E-state index contributed by atoms with van der Waals surface area (Å²) in [4.78, 5) is 20.9. The van der Waals surface area contributed by atoms with E-state index in [-0.39, 0.29) is 11.3 Å². The molecular weight excluding hydrogens is 437 g/mol. The van der Waals surface area contributed by atoms with Crippen LogP contribution in [0, 0.1) is 0 Å². The summed E-state index contributed by atoms with van der Waals surface area (Å²) in [7, 11) is -3.54. The number of alkyl halides is 3. The van der Waals surface area contributed by atoms with Gasteiger partial charge in [-0.15, -0.1) is 0 Å². The number of ether oxygens (including phenoxy) is 1. The third-order valence-corrected chi connectivity index (χ3v) is 5.24. The molecule has 1 heterocycles. The third-order valence-electron chi connectivity index (χ3n) is 3.88. The van der Waals surface area contributed by atoms with E-state index < -0.39 is 33.9 Å². The molecule has 0 aromatic heterocycles. The highest BCUT2D eigenvalue weighted by Crippen LogP contribution is 2.20. The van der Waals surface area contributed by atoms with Crippen LogP contribution in [0.5, 0.6) is 5.75 Å². The molecule has 1 saturated heterocycles. The van der Waals surface area contributed by atoms with Gasteiger partial charge in [0.25, 0.3) is 0 Å². The lowest BCUT2D eigenvalue weighted by Crippen LogP contribution is -3.14. The van der Waals surface area contributed by atoms with Crippen molar-refractivity contribution < 1.29 is 56.1 Å². The van der Waals surface area contributed by atoms with Crippen molar-refractivity contribution in [1.82, 2.24) is 4.72 Å². The Bertz CT molecular complexity index is 839. The summed E-state index contributed by atoms with van der Waals surface area (Å²) in [6.45, 7) is 4.13. The van der Waals surface area contributed by atoms with Crippen molar-refractivity contribution in [2.24, 2.45) is 0 Å². The summed E-state index contributed by atoms with van der Waals surface area (Å²) in [5, 5.41) is 27.2. The predicted octanol–water partition coefficient (Wildman–Crippen LogP) is -2.28. The second-order valence-electron chi connectivity index (χ2n) is 6.21. The highest BCUT2D eigenvalue weighted by molar-refractivity contribution is 7.88. The van der Waals surface area contributed by atoms with Crippen LogP contribution in [0.15, 0.2) is 18.2 Å². The fourth-order valence-corrected chi connectivity index (χ4v) is 3.55. The van der Waals surface area contributed by atoms with Gasteiger partial charge in [0.2, 0.25) is 10.0 Å². The number of phenols is 1. The number of hydrogen-bond acceptors (Lipinski definition) is 7. The van der Waals surface area contributed by atoms with E-state index in [9.17, 15) is 31.5 Å². The molecule has 10 nitrogen and oxygen atoms in total. The molecular formula is C16H21F3N2O8S. The number of benzene rings is 1. The zero-order valence-electron chi connectivity index (χ0n) is 15.6. The number of rotatable bonds is 7. The molecule has 1 fully saturated rings. The molecule has 0 aliphatic carbocycles. The number of carbonyl (C=O) groups excluding carboxylic acids is 1. The molecule has 0 saturated carbocycles. The molecule has 1 aromatic carbocycles. The minimum Gasteiger partial charge on any atom is -0.542 e. The van der Waals surface area contributed by atoms with Gasteiger partial charge < -0.3 is 29.8 Å². The monoisotopic (exact) mass is 458 g/mol. The van der Waals surface area contributed by atoms with Crippen LogP contribution in [-0.4, -0.2) is 76.1 Å². The molecule has 0 spiro atoms. The quantitative estimate of drug-likeness (QED) is 0.356. The number of sulfonamides is 1. The van der Waals surface area contributed by atoms with Crippen LogP contribution < -0.4 is 14.7 Å². The lowest BCUT2D eigenvalue weighted by Gasteiger charge is -2.23. The molecule has 1 aliphatic rings. The average Bonchev–Trinajstić information content (AvgIpc) is 2.61. The van der Waals surface area contributed by atoms with Gasteiger partial charge in [-0.3, -0.25) is 0 Å². The van der Waals surface area contributed by atoms with Gasteiger partial charge in [0.1, 0.15) is 30.4 Å². The molecule has 14 heteroatoms. The van der Waals surface area contributed by atoms with E-state index in [0.29, 0.717) is 31.9 Å². The van der Waals surface area contributed by atoms with Crippen molar-refractivity contribution in [2.75, 3.05) is 39.4 Å². The Labute approximate surface area is 169 Å². The number of morpholine rings is 1. The number of halogens is 3. The van der Waals surface area contributed by atoms with E-state index in [4.69, 9.17) is 19.7 Å².